The van der Waals surface area contributed by atoms with Crippen molar-refractivity contribution in [3.63, 3.8) is 0 Å². The number of likely N-dealkylation sites (N-methyl/N-ethyl adjacent to an activating group) is 1. The van der Waals surface area contributed by atoms with E-state index in [1.165, 1.54) is 10.4 Å². The monoisotopic (exact) mass is 253 g/mol. The van der Waals surface area contributed by atoms with Crippen LogP contribution in [0.3, 0.4) is 0 Å². The highest BCUT2D eigenvalue weighted by atomic mass is 32.1. The number of carbonyl (C=O) groups excluding carboxylic acids is 1. The first-order valence-corrected chi connectivity index (χ1v) is 6.78. The van der Waals surface area contributed by atoms with Gasteiger partial charge < -0.3 is 10.6 Å². The van der Waals surface area contributed by atoms with Gasteiger partial charge >= 0.3 is 0 Å². The molecule has 1 saturated heterocycles. The van der Waals surface area contributed by atoms with Crippen LogP contribution in [0.5, 0.6) is 0 Å². The lowest BCUT2D eigenvalue weighted by molar-refractivity contribution is -0.126. The summed E-state index contributed by atoms with van der Waals surface area (Å²) in [6.45, 7) is 5.35. The molecule has 0 aliphatic carbocycles. The van der Waals surface area contributed by atoms with E-state index in [0.29, 0.717) is 6.54 Å². The van der Waals surface area contributed by atoms with E-state index in [4.69, 9.17) is 0 Å². The molecule has 1 amide bonds. The lowest BCUT2D eigenvalue weighted by Crippen LogP contribution is -2.56. The Bertz CT molecular complexity index is 391. The summed E-state index contributed by atoms with van der Waals surface area (Å²) in [5.74, 6) is 0.118. The lowest BCUT2D eigenvalue weighted by Gasteiger charge is -2.31. The lowest BCUT2D eigenvalue weighted by atomic mass is 10.2. The predicted octanol–water partition coefficient (Wildman–Crippen LogP) is 0.576. The van der Waals surface area contributed by atoms with Crippen LogP contribution in [0.1, 0.15) is 10.4 Å². The summed E-state index contributed by atoms with van der Waals surface area (Å²) >= 11 is 1.70. The van der Waals surface area contributed by atoms with Crippen molar-refractivity contribution in [1.29, 1.82) is 0 Å². The summed E-state index contributed by atoms with van der Waals surface area (Å²) in [7, 11) is 2.00. The molecule has 17 heavy (non-hydrogen) atoms. The molecule has 1 atom stereocenters. The number of carbonyl (C=O) groups is 1. The predicted molar refractivity (Wildman–Crippen MR) is 70.2 cm³/mol. The Morgan fingerprint density at radius 1 is 1.71 bits per heavy atom. The molecule has 2 rings (SSSR count). The first-order chi connectivity index (χ1) is 8.18. The van der Waals surface area contributed by atoms with Gasteiger partial charge in [-0.1, -0.05) is 0 Å². The van der Waals surface area contributed by atoms with Crippen molar-refractivity contribution in [3.8, 4) is 0 Å². The highest BCUT2D eigenvalue weighted by Crippen LogP contribution is 2.15. The molecule has 1 aromatic rings. The van der Waals surface area contributed by atoms with Crippen molar-refractivity contribution >= 4 is 17.2 Å². The molecular formula is C12H19N3OS. The van der Waals surface area contributed by atoms with Crippen LogP contribution < -0.4 is 10.6 Å². The summed E-state index contributed by atoms with van der Waals surface area (Å²) in [6.07, 6.45) is 0. The summed E-state index contributed by atoms with van der Waals surface area (Å²) in [6, 6.07) is 2.05. The normalized spacial score (nSPS) is 21.4. The van der Waals surface area contributed by atoms with E-state index in [-0.39, 0.29) is 11.9 Å². The minimum Gasteiger partial charge on any atom is -0.350 e. The molecule has 1 aliphatic heterocycles. The Morgan fingerprint density at radius 3 is 3.18 bits per heavy atom. The largest absolute Gasteiger partial charge is 0.350 e. The zero-order valence-corrected chi connectivity index (χ0v) is 11.1. The topological polar surface area (TPSA) is 44.4 Å². The molecule has 1 unspecified atom stereocenters. The number of hydrogen-bond donors (Lipinski definition) is 2. The molecule has 1 fully saturated rings. The van der Waals surface area contributed by atoms with Gasteiger partial charge in [0.1, 0.15) is 6.04 Å². The van der Waals surface area contributed by atoms with Crippen LogP contribution in [-0.2, 0) is 11.3 Å². The van der Waals surface area contributed by atoms with Crippen LogP contribution in [0.15, 0.2) is 11.4 Å². The van der Waals surface area contributed by atoms with Crippen LogP contribution in [0.2, 0.25) is 0 Å². The Kier molecular flexibility index (Phi) is 4.15. The van der Waals surface area contributed by atoms with Crippen molar-refractivity contribution in [2.24, 2.45) is 0 Å². The van der Waals surface area contributed by atoms with Gasteiger partial charge in [0.05, 0.1) is 6.54 Å². The first kappa shape index (κ1) is 12.5. The Balaban J connectivity index is 1.86. The fourth-order valence-electron chi connectivity index (χ4n) is 1.97. The van der Waals surface area contributed by atoms with Crippen molar-refractivity contribution in [2.75, 3.05) is 26.7 Å². The van der Waals surface area contributed by atoms with E-state index in [9.17, 15) is 4.79 Å². The summed E-state index contributed by atoms with van der Waals surface area (Å²) in [5.41, 5.74) is 1.26. The molecule has 0 spiro atoms. The molecule has 1 aliphatic rings. The van der Waals surface area contributed by atoms with Gasteiger partial charge in [-0.2, -0.15) is 0 Å². The van der Waals surface area contributed by atoms with Crippen molar-refractivity contribution < 1.29 is 4.79 Å². The van der Waals surface area contributed by atoms with Crippen molar-refractivity contribution in [2.45, 2.75) is 19.5 Å². The van der Waals surface area contributed by atoms with E-state index in [2.05, 4.69) is 33.9 Å². The van der Waals surface area contributed by atoms with Crippen molar-refractivity contribution in [1.82, 2.24) is 15.5 Å². The number of hydrogen-bond acceptors (Lipinski definition) is 4. The molecule has 5 heteroatoms. The van der Waals surface area contributed by atoms with E-state index in [1.54, 1.807) is 11.3 Å². The average molecular weight is 253 g/mol. The van der Waals surface area contributed by atoms with Gasteiger partial charge in [0.15, 0.2) is 0 Å². The standard InChI is InChI=1S/C12H19N3OS/c1-9-3-6-17-11(9)8-14-12(16)10-7-13-4-5-15(10)2/h3,6,10,13H,4-5,7-8H2,1-2H3,(H,14,16). The molecular weight excluding hydrogens is 234 g/mol. The second kappa shape index (κ2) is 5.62. The van der Waals surface area contributed by atoms with Crippen LogP contribution in [-0.4, -0.2) is 43.5 Å². The van der Waals surface area contributed by atoms with E-state index in [0.717, 1.165) is 19.6 Å². The van der Waals surface area contributed by atoms with Gasteiger partial charge in [-0.25, -0.2) is 0 Å². The Labute approximate surface area is 106 Å². The number of rotatable bonds is 3. The van der Waals surface area contributed by atoms with Gasteiger partial charge in [0, 0.05) is 24.5 Å². The van der Waals surface area contributed by atoms with Crippen LogP contribution in [0.4, 0.5) is 0 Å². The first-order valence-electron chi connectivity index (χ1n) is 5.90. The molecule has 0 bridgehead atoms. The van der Waals surface area contributed by atoms with Crippen molar-refractivity contribution in [3.05, 3.63) is 21.9 Å². The van der Waals surface area contributed by atoms with Gasteiger partial charge in [0.25, 0.3) is 0 Å². The third-order valence-corrected chi connectivity index (χ3v) is 4.23. The zero-order valence-electron chi connectivity index (χ0n) is 10.3. The molecule has 1 aromatic heterocycles. The average Bonchev–Trinajstić information content (AvgIpc) is 2.72. The van der Waals surface area contributed by atoms with Crippen LogP contribution in [0, 0.1) is 6.92 Å². The maximum Gasteiger partial charge on any atom is 0.238 e. The second-order valence-corrected chi connectivity index (χ2v) is 5.45. The summed E-state index contributed by atoms with van der Waals surface area (Å²) < 4.78 is 0. The molecule has 0 radical (unpaired) electrons. The van der Waals surface area contributed by atoms with Gasteiger partial charge in [-0.05, 0) is 31.0 Å². The fraction of sp³-hybridized carbons (Fsp3) is 0.583. The van der Waals surface area contributed by atoms with Gasteiger partial charge in [-0.3, -0.25) is 9.69 Å². The SMILES string of the molecule is Cc1ccsc1CNC(=O)C1CNCCN1C. The van der Waals surface area contributed by atoms with Gasteiger partial charge in [-0.15, -0.1) is 11.3 Å². The highest BCUT2D eigenvalue weighted by Gasteiger charge is 2.25. The number of piperazine rings is 1. The van der Waals surface area contributed by atoms with E-state index >= 15 is 0 Å². The highest BCUT2D eigenvalue weighted by molar-refractivity contribution is 7.10. The van der Waals surface area contributed by atoms with E-state index < -0.39 is 0 Å². The minimum atomic E-state index is -0.0379. The third-order valence-electron chi connectivity index (χ3n) is 3.21. The minimum absolute atomic E-state index is 0.0379. The number of nitrogens with one attached hydrogen (secondary N) is 2. The molecule has 4 nitrogen and oxygen atoms in total. The quantitative estimate of drug-likeness (QED) is 0.828. The Hall–Kier alpha value is -0.910. The second-order valence-electron chi connectivity index (χ2n) is 4.45. The van der Waals surface area contributed by atoms with E-state index in [1.807, 2.05) is 7.05 Å². The number of nitrogens with zero attached hydrogens (tertiary/aromatic N) is 1. The zero-order chi connectivity index (χ0) is 12.3. The van der Waals surface area contributed by atoms with Gasteiger partial charge in [0.2, 0.25) is 5.91 Å². The van der Waals surface area contributed by atoms with Crippen LogP contribution in [0.25, 0.3) is 0 Å². The number of aryl methyl sites for hydroxylation is 1. The molecule has 94 valence electrons. The summed E-state index contributed by atoms with van der Waals surface area (Å²) in [4.78, 5) is 15.4. The third kappa shape index (κ3) is 3.06. The maximum atomic E-state index is 12.0. The Morgan fingerprint density at radius 2 is 2.53 bits per heavy atom. The molecule has 2 heterocycles. The smallest absolute Gasteiger partial charge is 0.238 e. The summed E-state index contributed by atoms with van der Waals surface area (Å²) in [5, 5.41) is 8.33. The maximum absolute atomic E-state index is 12.0. The fourth-order valence-corrected chi connectivity index (χ4v) is 2.81. The number of thiophene rings is 1. The molecule has 0 saturated carbocycles. The van der Waals surface area contributed by atoms with Crippen LogP contribution >= 0.6 is 11.3 Å². The molecule has 0 aromatic carbocycles. The molecule has 2 N–H and O–H groups in total. The number of amides is 1.